The number of nitrogens with one attached hydrogen (secondary N) is 1. The van der Waals surface area contributed by atoms with Crippen molar-refractivity contribution in [1.29, 1.82) is 0 Å². The van der Waals surface area contributed by atoms with Crippen LogP contribution < -0.4 is 11.0 Å². The van der Waals surface area contributed by atoms with Crippen molar-refractivity contribution in [3.8, 4) is 11.4 Å². The van der Waals surface area contributed by atoms with Crippen molar-refractivity contribution in [2.24, 2.45) is 5.10 Å². The van der Waals surface area contributed by atoms with Crippen molar-refractivity contribution in [2.45, 2.75) is 12.1 Å². The van der Waals surface area contributed by atoms with Gasteiger partial charge in [-0.3, -0.25) is 14.2 Å². The monoisotopic (exact) mass is 522 g/mol. The predicted octanol–water partition coefficient (Wildman–Crippen LogP) is 4.49. The number of amides is 1. The van der Waals surface area contributed by atoms with E-state index in [0.29, 0.717) is 33.0 Å². The minimum atomic E-state index is -0.343. The SMILES string of the molecule is CC(=NNC(=O)CSc1nc2ccccc2c(=O)n1-c1ccc(Br)cc1)c1cccc(O)c1. The van der Waals surface area contributed by atoms with Crippen LogP contribution in [0.1, 0.15) is 12.5 Å². The van der Waals surface area contributed by atoms with Crippen LogP contribution in [0.2, 0.25) is 0 Å². The molecule has 166 valence electrons. The second-order valence-corrected chi connectivity index (χ2v) is 8.96. The van der Waals surface area contributed by atoms with Gasteiger partial charge >= 0.3 is 0 Å². The van der Waals surface area contributed by atoms with Gasteiger partial charge in [-0.2, -0.15) is 5.10 Å². The minimum Gasteiger partial charge on any atom is -0.508 e. The molecule has 0 fully saturated rings. The van der Waals surface area contributed by atoms with Gasteiger partial charge in [0.2, 0.25) is 0 Å². The lowest BCUT2D eigenvalue weighted by Crippen LogP contribution is -2.24. The van der Waals surface area contributed by atoms with Crippen molar-refractivity contribution < 1.29 is 9.90 Å². The van der Waals surface area contributed by atoms with Crippen LogP contribution in [0, 0.1) is 0 Å². The average Bonchev–Trinajstić information content (AvgIpc) is 2.82. The van der Waals surface area contributed by atoms with Crippen molar-refractivity contribution >= 4 is 50.2 Å². The van der Waals surface area contributed by atoms with Crippen LogP contribution in [0.25, 0.3) is 16.6 Å². The number of carbonyl (C=O) groups is 1. The number of aromatic nitrogens is 2. The molecule has 1 heterocycles. The highest BCUT2D eigenvalue weighted by molar-refractivity contribution is 9.10. The standard InChI is InChI=1S/C24H19BrN4O3S/c1-15(16-5-4-6-19(30)13-16)27-28-22(31)14-33-24-26-21-8-3-2-7-20(21)23(32)29(24)18-11-9-17(25)10-12-18/h2-13,30H,14H2,1H3,(H,28,31). The smallest absolute Gasteiger partial charge is 0.266 e. The van der Waals surface area contributed by atoms with Crippen LogP contribution >= 0.6 is 27.7 Å². The summed E-state index contributed by atoms with van der Waals surface area (Å²) < 4.78 is 2.40. The first kappa shape index (κ1) is 22.8. The Morgan fingerprint density at radius 2 is 1.88 bits per heavy atom. The molecular formula is C24H19BrN4O3S. The molecule has 0 aliphatic rings. The molecule has 0 aliphatic heterocycles. The number of aromatic hydroxyl groups is 1. The van der Waals surface area contributed by atoms with Gasteiger partial charge in [0.15, 0.2) is 5.16 Å². The van der Waals surface area contributed by atoms with Crippen molar-refractivity contribution in [2.75, 3.05) is 5.75 Å². The zero-order chi connectivity index (χ0) is 23.4. The van der Waals surface area contributed by atoms with Crippen LogP contribution in [0.4, 0.5) is 0 Å². The summed E-state index contributed by atoms with van der Waals surface area (Å²) in [5, 5.41) is 14.6. The Kier molecular flexibility index (Phi) is 6.90. The lowest BCUT2D eigenvalue weighted by Gasteiger charge is -2.13. The molecule has 0 radical (unpaired) electrons. The van der Waals surface area contributed by atoms with Crippen molar-refractivity contribution in [3.63, 3.8) is 0 Å². The van der Waals surface area contributed by atoms with E-state index in [-0.39, 0.29) is 23.0 Å². The topological polar surface area (TPSA) is 96.6 Å². The number of halogens is 1. The number of para-hydroxylation sites is 1. The fourth-order valence-corrected chi connectivity index (χ4v) is 4.20. The van der Waals surface area contributed by atoms with E-state index >= 15 is 0 Å². The van der Waals surface area contributed by atoms with Crippen LogP contribution in [0.3, 0.4) is 0 Å². The summed E-state index contributed by atoms with van der Waals surface area (Å²) in [6, 6.07) is 21.1. The highest BCUT2D eigenvalue weighted by atomic mass is 79.9. The Balaban J connectivity index is 1.58. The molecule has 0 aliphatic carbocycles. The highest BCUT2D eigenvalue weighted by Crippen LogP contribution is 2.22. The van der Waals surface area contributed by atoms with E-state index in [4.69, 9.17) is 0 Å². The predicted molar refractivity (Wildman–Crippen MR) is 134 cm³/mol. The summed E-state index contributed by atoms with van der Waals surface area (Å²) in [7, 11) is 0. The molecule has 0 bridgehead atoms. The average molecular weight is 523 g/mol. The molecular weight excluding hydrogens is 504 g/mol. The van der Waals surface area contributed by atoms with Crippen molar-refractivity contribution in [1.82, 2.24) is 15.0 Å². The number of hydrogen-bond donors (Lipinski definition) is 2. The first-order chi connectivity index (χ1) is 15.9. The normalized spacial score (nSPS) is 11.5. The lowest BCUT2D eigenvalue weighted by atomic mass is 10.1. The molecule has 2 N–H and O–H groups in total. The lowest BCUT2D eigenvalue weighted by molar-refractivity contribution is -0.118. The van der Waals surface area contributed by atoms with Gasteiger partial charge < -0.3 is 5.11 Å². The van der Waals surface area contributed by atoms with Gasteiger partial charge in [0.25, 0.3) is 11.5 Å². The molecule has 0 unspecified atom stereocenters. The number of thioether (sulfide) groups is 1. The van der Waals surface area contributed by atoms with E-state index in [1.165, 1.54) is 4.57 Å². The maximum absolute atomic E-state index is 13.2. The molecule has 0 saturated heterocycles. The molecule has 0 saturated carbocycles. The van der Waals surface area contributed by atoms with Gasteiger partial charge in [-0.1, -0.05) is 52.0 Å². The molecule has 3 aromatic carbocycles. The van der Waals surface area contributed by atoms with E-state index in [1.807, 2.05) is 30.3 Å². The number of hydrogen-bond acceptors (Lipinski definition) is 6. The Morgan fingerprint density at radius 1 is 1.12 bits per heavy atom. The van der Waals surface area contributed by atoms with Gasteiger partial charge in [0, 0.05) is 10.0 Å². The third-order valence-corrected chi connectivity index (χ3v) is 6.24. The number of nitrogens with zero attached hydrogens (tertiary/aromatic N) is 3. The summed E-state index contributed by atoms with van der Waals surface area (Å²) in [5.74, 6) is -0.209. The van der Waals surface area contributed by atoms with E-state index in [2.05, 4.69) is 31.4 Å². The van der Waals surface area contributed by atoms with Crippen molar-refractivity contribution in [3.05, 3.63) is 93.2 Å². The van der Waals surface area contributed by atoms with E-state index in [0.717, 1.165) is 16.2 Å². The molecule has 7 nitrogen and oxygen atoms in total. The fraction of sp³-hybridized carbons (Fsp3) is 0.0833. The van der Waals surface area contributed by atoms with Gasteiger partial charge in [-0.25, -0.2) is 10.4 Å². The summed E-state index contributed by atoms with van der Waals surface area (Å²) in [5.41, 5.74) is 4.78. The third-order valence-electron chi connectivity index (χ3n) is 4.77. The summed E-state index contributed by atoms with van der Waals surface area (Å²) in [6.07, 6.45) is 0. The molecule has 1 aromatic heterocycles. The largest absolute Gasteiger partial charge is 0.508 e. The molecule has 33 heavy (non-hydrogen) atoms. The zero-order valence-electron chi connectivity index (χ0n) is 17.5. The first-order valence-corrected chi connectivity index (χ1v) is 11.7. The van der Waals surface area contributed by atoms with Gasteiger partial charge in [-0.05, 0) is 55.5 Å². The Morgan fingerprint density at radius 3 is 2.64 bits per heavy atom. The van der Waals surface area contributed by atoms with Crippen LogP contribution in [-0.4, -0.2) is 32.0 Å². The minimum absolute atomic E-state index is 0.0120. The Bertz CT molecular complexity index is 1420. The van der Waals surface area contributed by atoms with E-state index in [9.17, 15) is 14.7 Å². The summed E-state index contributed by atoms with van der Waals surface area (Å²) >= 11 is 4.56. The van der Waals surface area contributed by atoms with Gasteiger partial charge in [0.05, 0.1) is 28.1 Å². The number of hydrazone groups is 1. The van der Waals surface area contributed by atoms with E-state index in [1.54, 1.807) is 49.4 Å². The first-order valence-electron chi connectivity index (χ1n) is 9.95. The number of fused-ring (bicyclic) bond motifs is 1. The number of phenolic OH excluding ortho intramolecular Hbond substituents is 1. The second kappa shape index (κ2) is 10.0. The molecule has 4 rings (SSSR count). The number of carbonyl (C=O) groups excluding carboxylic acids is 1. The zero-order valence-corrected chi connectivity index (χ0v) is 19.9. The molecule has 9 heteroatoms. The molecule has 0 atom stereocenters. The second-order valence-electron chi connectivity index (χ2n) is 7.10. The highest BCUT2D eigenvalue weighted by Gasteiger charge is 2.15. The van der Waals surface area contributed by atoms with Gasteiger partial charge in [0.1, 0.15) is 5.75 Å². The number of benzene rings is 3. The maximum Gasteiger partial charge on any atom is 0.266 e. The molecule has 1 amide bonds. The van der Waals surface area contributed by atoms with Crippen LogP contribution in [-0.2, 0) is 4.79 Å². The summed E-state index contributed by atoms with van der Waals surface area (Å²) in [6.45, 7) is 1.73. The van der Waals surface area contributed by atoms with Crippen LogP contribution in [0.15, 0.2) is 92.3 Å². The Hall–Kier alpha value is -3.43. The quantitative estimate of drug-likeness (QED) is 0.168. The fourth-order valence-electron chi connectivity index (χ4n) is 3.13. The molecule has 0 spiro atoms. The van der Waals surface area contributed by atoms with E-state index < -0.39 is 0 Å². The number of rotatable bonds is 6. The van der Waals surface area contributed by atoms with Gasteiger partial charge in [-0.15, -0.1) is 0 Å². The summed E-state index contributed by atoms with van der Waals surface area (Å²) in [4.78, 5) is 30.3. The number of phenols is 1. The van der Waals surface area contributed by atoms with Crippen LogP contribution in [0.5, 0.6) is 5.75 Å². The Labute approximate surface area is 202 Å². The third kappa shape index (κ3) is 5.32. The molecule has 4 aromatic rings. The maximum atomic E-state index is 13.2.